The maximum absolute atomic E-state index is 10.6. The van der Waals surface area contributed by atoms with Crippen LogP contribution in [-0.2, 0) is 4.84 Å². The first-order valence-corrected chi connectivity index (χ1v) is 2.56. The van der Waals surface area contributed by atoms with Crippen LogP contribution in [0.3, 0.4) is 0 Å². The van der Waals surface area contributed by atoms with Crippen molar-refractivity contribution < 1.29 is 15.4 Å². The fourth-order valence-corrected chi connectivity index (χ4v) is 0.360. The Hall–Kier alpha value is -0.730. The molecule has 0 saturated carbocycles. The van der Waals surface area contributed by atoms with Crippen molar-refractivity contribution in [2.24, 2.45) is 5.10 Å². The second-order valence-electron chi connectivity index (χ2n) is 1.33. The van der Waals surface area contributed by atoms with Crippen LogP contribution in [0.15, 0.2) is 5.10 Å². The molecule has 0 fully saturated rings. The van der Waals surface area contributed by atoms with E-state index in [1.807, 2.05) is 0 Å². The topological polar surface area (TPSA) is 79.7 Å². The Morgan fingerprint density at radius 2 is 2.40 bits per heavy atom. The van der Waals surface area contributed by atoms with Crippen molar-refractivity contribution in [3.8, 4) is 0 Å². The van der Waals surface area contributed by atoms with Crippen LogP contribution < -0.4 is 16.0 Å². The first-order chi connectivity index (χ1) is 4.76. The molecule has 3 N–H and O–H groups in total. The lowest BCUT2D eigenvalue weighted by atomic mass is 11.5. The van der Waals surface area contributed by atoms with Crippen molar-refractivity contribution in [1.82, 2.24) is 5.43 Å². The Morgan fingerprint density at radius 3 is 2.70 bits per heavy atom. The number of nitrogens with zero attached hydrogens (tertiary/aromatic N) is 2. The summed E-state index contributed by atoms with van der Waals surface area (Å²) in [5.41, 5.74) is 5.85. The molecule has 0 aromatic rings. The normalized spacial score (nSPS) is 15.9. The van der Waals surface area contributed by atoms with E-state index in [0.717, 1.165) is 0 Å². The van der Waals surface area contributed by atoms with Crippen LogP contribution in [0.2, 0.25) is 0 Å². The number of hydrogen-bond acceptors (Lipinski definition) is 4. The monoisotopic (exact) mass is 149 g/mol. The van der Waals surface area contributed by atoms with Gasteiger partial charge in [0.15, 0.2) is 0 Å². The Morgan fingerprint density at radius 1 is 1.80 bits per heavy atom. The Balaban J connectivity index is 3.67. The molecule has 60 valence electrons. The van der Waals surface area contributed by atoms with E-state index in [-0.39, 0.29) is 5.23 Å². The van der Waals surface area contributed by atoms with Gasteiger partial charge in [0.1, 0.15) is 7.11 Å². The molecule has 0 bridgehead atoms. The minimum atomic E-state index is -0.560. The molecule has 0 rings (SSSR count). The molecule has 7 heteroatoms. The lowest BCUT2D eigenvalue weighted by Gasteiger charge is -2.30. The highest BCUT2D eigenvalue weighted by Gasteiger charge is 2.00. The van der Waals surface area contributed by atoms with E-state index in [1.54, 1.807) is 7.05 Å². The van der Waals surface area contributed by atoms with Gasteiger partial charge in [0.2, 0.25) is 0 Å². The quantitative estimate of drug-likeness (QED) is 0.284. The third kappa shape index (κ3) is 2.71. The standard InChI is InChI=1S/C3H11N5O2/c1-4-6-7(5-2)8(9)10-3/h5,7-8H,1H2,2-3H3. The molecular weight excluding hydrogens is 138 g/mol. The highest BCUT2D eigenvalue weighted by molar-refractivity contribution is 5.23. The van der Waals surface area contributed by atoms with E-state index >= 15 is 0 Å². The number of nitrogens with one attached hydrogen (secondary N) is 3. The minimum Gasteiger partial charge on any atom is -0.548 e. The van der Waals surface area contributed by atoms with Gasteiger partial charge in [0, 0.05) is 7.05 Å². The maximum atomic E-state index is 10.6. The third-order valence-corrected chi connectivity index (χ3v) is 0.786. The molecule has 0 saturated heterocycles. The van der Waals surface area contributed by atoms with Crippen molar-refractivity contribution in [2.75, 3.05) is 14.2 Å². The number of rotatable bonds is 5. The Labute approximate surface area is 58.7 Å². The van der Waals surface area contributed by atoms with Crippen molar-refractivity contribution in [1.29, 1.82) is 0 Å². The minimum absolute atomic E-state index is 0.0394. The summed E-state index contributed by atoms with van der Waals surface area (Å²) in [5, 5.41) is 13.3. The number of hydrogen-bond donors (Lipinski definition) is 3. The average molecular weight is 149 g/mol. The zero-order valence-electron chi connectivity index (χ0n) is 5.92. The molecule has 0 spiro atoms. The van der Waals surface area contributed by atoms with Crippen molar-refractivity contribution >= 4 is 6.72 Å². The molecular formula is C3H11N5O2. The van der Waals surface area contributed by atoms with E-state index in [4.69, 9.17) is 0 Å². The van der Waals surface area contributed by atoms with Gasteiger partial charge in [-0.2, -0.15) is 4.84 Å². The molecule has 0 amide bonds. The Kier molecular flexibility index (Phi) is 4.72. The molecule has 0 aromatic heterocycles. The predicted octanol–water partition coefficient (Wildman–Crippen LogP) is -3.23. The van der Waals surface area contributed by atoms with Crippen LogP contribution in [0.5, 0.6) is 0 Å². The van der Waals surface area contributed by atoms with Crippen LogP contribution in [0.25, 0.3) is 5.53 Å². The molecule has 0 aliphatic carbocycles. The molecule has 7 nitrogen and oxygen atoms in total. The largest absolute Gasteiger partial charge is 0.548 e. The summed E-state index contributed by atoms with van der Waals surface area (Å²) in [6.07, 6.45) is 0. The highest BCUT2D eigenvalue weighted by Crippen LogP contribution is 1.59. The summed E-state index contributed by atoms with van der Waals surface area (Å²) >= 11 is 0. The summed E-state index contributed by atoms with van der Waals surface area (Å²) in [4.78, 5) is 4.34. The van der Waals surface area contributed by atoms with E-state index in [2.05, 4.69) is 27.6 Å². The fourth-order valence-electron chi connectivity index (χ4n) is 0.360. The van der Waals surface area contributed by atoms with Crippen molar-refractivity contribution in [3.63, 3.8) is 0 Å². The lowest BCUT2D eigenvalue weighted by Crippen LogP contribution is -3.58. The lowest BCUT2D eigenvalue weighted by molar-refractivity contribution is -1.56. The molecule has 10 heavy (non-hydrogen) atoms. The third-order valence-electron chi connectivity index (χ3n) is 0.786. The summed E-state index contributed by atoms with van der Waals surface area (Å²) in [6.45, 7) is 3.08. The molecule has 0 radical (unpaired) electrons. The van der Waals surface area contributed by atoms with E-state index in [0.29, 0.717) is 0 Å². The SMILES string of the molecule is C=N[N-][NH+](NC)[NH+]([O-])OC. The summed E-state index contributed by atoms with van der Waals surface area (Å²) in [7, 11) is 2.80. The van der Waals surface area contributed by atoms with Crippen LogP contribution in [0, 0.1) is 5.21 Å². The predicted molar refractivity (Wildman–Crippen MR) is 34.3 cm³/mol. The zero-order valence-corrected chi connectivity index (χ0v) is 5.92. The molecule has 2 unspecified atom stereocenters. The van der Waals surface area contributed by atoms with Gasteiger partial charge >= 0.3 is 0 Å². The first-order valence-electron chi connectivity index (χ1n) is 2.56. The molecule has 0 aliphatic rings. The van der Waals surface area contributed by atoms with E-state index in [1.165, 1.54) is 7.11 Å². The van der Waals surface area contributed by atoms with Crippen molar-refractivity contribution in [3.05, 3.63) is 10.7 Å². The van der Waals surface area contributed by atoms with Crippen LogP contribution >= 0.6 is 0 Å². The smallest absolute Gasteiger partial charge is 0.103 e. The van der Waals surface area contributed by atoms with Gasteiger partial charge < -0.3 is 15.8 Å². The summed E-state index contributed by atoms with van der Waals surface area (Å²) < 4.78 is 0. The summed E-state index contributed by atoms with van der Waals surface area (Å²) in [5.74, 6) is 0. The second-order valence-corrected chi connectivity index (χ2v) is 1.33. The van der Waals surface area contributed by atoms with Gasteiger partial charge in [-0.25, -0.2) is 0 Å². The van der Waals surface area contributed by atoms with Crippen LogP contribution in [-0.4, -0.2) is 20.9 Å². The molecule has 0 aromatic carbocycles. The van der Waals surface area contributed by atoms with E-state index in [9.17, 15) is 5.21 Å². The second kappa shape index (κ2) is 5.09. The van der Waals surface area contributed by atoms with Gasteiger partial charge in [0.05, 0.1) is 0 Å². The average Bonchev–Trinajstić information content (AvgIpc) is 1.99. The van der Waals surface area contributed by atoms with Gasteiger partial charge in [-0.3, -0.25) is 0 Å². The fraction of sp³-hybridized carbons (Fsp3) is 0.667. The van der Waals surface area contributed by atoms with Gasteiger partial charge in [-0.15, -0.1) is 10.7 Å². The molecule has 0 heterocycles. The van der Waals surface area contributed by atoms with Crippen LogP contribution in [0.4, 0.5) is 0 Å². The first kappa shape index (κ1) is 9.27. The van der Waals surface area contributed by atoms with E-state index < -0.39 is 5.34 Å². The zero-order chi connectivity index (χ0) is 7.98. The van der Waals surface area contributed by atoms with Gasteiger partial charge in [-0.05, 0) is 6.72 Å². The number of quaternary nitrogens is 2. The molecule has 0 aliphatic heterocycles. The van der Waals surface area contributed by atoms with Crippen LogP contribution in [0.1, 0.15) is 0 Å². The maximum Gasteiger partial charge on any atom is 0.103 e. The van der Waals surface area contributed by atoms with Gasteiger partial charge in [-0.1, -0.05) is 5.34 Å². The van der Waals surface area contributed by atoms with Gasteiger partial charge in [0.25, 0.3) is 0 Å². The highest BCUT2D eigenvalue weighted by atomic mass is 16.9. The Bertz CT molecular complexity index is 98.9. The van der Waals surface area contributed by atoms with Crippen molar-refractivity contribution in [2.45, 2.75) is 0 Å². The summed E-state index contributed by atoms with van der Waals surface area (Å²) in [6, 6.07) is 0. The molecule has 2 atom stereocenters.